The van der Waals surface area contributed by atoms with Gasteiger partial charge in [-0.3, -0.25) is 19.2 Å². The van der Waals surface area contributed by atoms with Crippen LogP contribution in [0.4, 0.5) is 0 Å². The van der Waals surface area contributed by atoms with Gasteiger partial charge in [0.2, 0.25) is 23.6 Å². The molecular formula is C22H33N5O6. The molecule has 11 nitrogen and oxygen atoms in total. The number of aliphatic carboxylic acids is 1. The lowest BCUT2D eigenvalue weighted by atomic mass is 10.0. The Morgan fingerprint density at radius 1 is 0.848 bits per heavy atom. The van der Waals surface area contributed by atoms with E-state index in [0.717, 1.165) is 0 Å². The minimum absolute atomic E-state index is 0.0440. The number of carbonyl (C=O) groups is 5. The maximum absolute atomic E-state index is 13.0. The fourth-order valence-corrected chi connectivity index (χ4v) is 3.01. The summed E-state index contributed by atoms with van der Waals surface area (Å²) in [5.41, 5.74) is 11.4. The molecule has 4 unspecified atom stereocenters. The van der Waals surface area contributed by atoms with Gasteiger partial charge in [0.15, 0.2) is 0 Å². The highest BCUT2D eigenvalue weighted by Gasteiger charge is 2.31. The number of carboxylic acid groups (broad SMARTS) is 1. The van der Waals surface area contributed by atoms with Crippen LogP contribution >= 0.6 is 0 Å². The van der Waals surface area contributed by atoms with E-state index in [2.05, 4.69) is 16.0 Å². The first kappa shape index (κ1) is 27.6. The quantitative estimate of drug-likeness (QED) is 0.217. The van der Waals surface area contributed by atoms with Gasteiger partial charge in [-0.2, -0.15) is 0 Å². The highest BCUT2D eigenvalue weighted by atomic mass is 16.4. The van der Waals surface area contributed by atoms with Crippen molar-refractivity contribution in [2.24, 2.45) is 17.4 Å². The van der Waals surface area contributed by atoms with Crippen molar-refractivity contribution in [3.63, 3.8) is 0 Å². The first-order valence-electron chi connectivity index (χ1n) is 10.6. The number of carboxylic acids is 1. The topological polar surface area (TPSA) is 194 Å². The molecule has 0 aromatic heterocycles. The Hall–Kier alpha value is -3.47. The Morgan fingerprint density at radius 2 is 1.36 bits per heavy atom. The zero-order valence-corrected chi connectivity index (χ0v) is 19.0. The molecule has 0 aliphatic carbocycles. The molecule has 0 heterocycles. The van der Waals surface area contributed by atoms with Crippen molar-refractivity contribution in [2.75, 3.05) is 0 Å². The van der Waals surface area contributed by atoms with Crippen molar-refractivity contribution >= 4 is 29.6 Å². The van der Waals surface area contributed by atoms with Crippen molar-refractivity contribution in [3.05, 3.63) is 35.9 Å². The Labute approximate surface area is 192 Å². The maximum Gasteiger partial charge on any atom is 0.326 e. The van der Waals surface area contributed by atoms with Crippen LogP contribution in [0, 0.1) is 5.92 Å². The summed E-state index contributed by atoms with van der Waals surface area (Å²) >= 11 is 0. The van der Waals surface area contributed by atoms with Crippen LogP contribution < -0.4 is 27.4 Å². The molecule has 33 heavy (non-hydrogen) atoms. The largest absolute Gasteiger partial charge is 0.480 e. The third-order valence-corrected chi connectivity index (χ3v) is 4.69. The molecule has 182 valence electrons. The number of hydrogen-bond acceptors (Lipinski definition) is 6. The minimum atomic E-state index is -1.55. The number of primary amides is 1. The van der Waals surface area contributed by atoms with Crippen LogP contribution in [0.15, 0.2) is 30.3 Å². The van der Waals surface area contributed by atoms with Gasteiger partial charge in [-0.05, 0) is 24.8 Å². The lowest BCUT2D eigenvalue weighted by Crippen LogP contribution is -2.57. The van der Waals surface area contributed by atoms with E-state index in [0.29, 0.717) is 12.0 Å². The molecule has 4 atom stereocenters. The van der Waals surface area contributed by atoms with Gasteiger partial charge in [0, 0.05) is 6.42 Å². The number of rotatable bonds is 13. The Kier molecular flexibility index (Phi) is 11.0. The van der Waals surface area contributed by atoms with Crippen LogP contribution in [-0.4, -0.2) is 58.9 Å². The van der Waals surface area contributed by atoms with Crippen molar-refractivity contribution in [2.45, 2.75) is 64.2 Å². The Morgan fingerprint density at radius 3 is 1.85 bits per heavy atom. The van der Waals surface area contributed by atoms with Gasteiger partial charge in [-0.1, -0.05) is 44.2 Å². The molecule has 0 radical (unpaired) electrons. The third kappa shape index (κ3) is 10.1. The molecule has 4 amide bonds. The molecule has 8 N–H and O–H groups in total. The molecular weight excluding hydrogens is 430 g/mol. The van der Waals surface area contributed by atoms with Gasteiger partial charge in [0.05, 0.1) is 12.5 Å². The predicted molar refractivity (Wildman–Crippen MR) is 120 cm³/mol. The average molecular weight is 464 g/mol. The number of benzene rings is 1. The lowest BCUT2D eigenvalue weighted by Gasteiger charge is -2.25. The highest BCUT2D eigenvalue weighted by molar-refractivity contribution is 5.95. The highest BCUT2D eigenvalue weighted by Crippen LogP contribution is 2.09. The van der Waals surface area contributed by atoms with E-state index >= 15 is 0 Å². The molecule has 1 rings (SSSR count). The Balaban J connectivity index is 3.11. The minimum Gasteiger partial charge on any atom is -0.480 e. The smallest absolute Gasteiger partial charge is 0.326 e. The maximum atomic E-state index is 13.0. The second kappa shape index (κ2) is 13.2. The fourth-order valence-electron chi connectivity index (χ4n) is 3.01. The van der Waals surface area contributed by atoms with Crippen LogP contribution in [0.2, 0.25) is 0 Å². The van der Waals surface area contributed by atoms with Gasteiger partial charge in [0.1, 0.15) is 18.1 Å². The summed E-state index contributed by atoms with van der Waals surface area (Å²) in [5.74, 6) is -4.23. The molecule has 0 saturated carbocycles. The summed E-state index contributed by atoms with van der Waals surface area (Å²) in [4.78, 5) is 60.6. The normalized spacial score (nSPS) is 14.5. The number of amides is 4. The summed E-state index contributed by atoms with van der Waals surface area (Å²) in [6.07, 6.45) is -0.256. The summed E-state index contributed by atoms with van der Waals surface area (Å²) in [6, 6.07) is 4.28. The van der Waals surface area contributed by atoms with Gasteiger partial charge in [-0.25, -0.2) is 4.79 Å². The number of nitrogens with one attached hydrogen (secondary N) is 3. The van der Waals surface area contributed by atoms with E-state index < -0.39 is 60.2 Å². The number of carbonyl (C=O) groups excluding carboxylic acids is 4. The van der Waals surface area contributed by atoms with Gasteiger partial charge < -0.3 is 32.5 Å². The zero-order valence-electron chi connectivity index (χ0n) is 19.0. The summed E-state index contributed by atoms with van der Waals surface area (Å²) in [6.45, 7) is 5.22. The fraction of sp³-hybridized carbons (Fsp3) is 0.500. The van der Waals surface area contributed by atoms with Crippen molar-refractivity contribution in [1.29, 1.82) is 0 Å². The van der Waals surface area contributed by atoms with E-state index in [-0.39, 0.29) is 12.3 Å². The summed E-state index contributed by atoms with van der Waals surface area (Å²) in [7, 11) is 0. The average Bonchev–Trinajstić information content (AvgIpc) is 2.72. The molecule has 0 saturated heterocycles. The monoisotopic (exact) mass is 463 g/mol. The molecule has 0 spiro atoms. The molecule has 0 bridgehead atoms. The molecule has 11 heteroatoms. The van der Waals surface area contributed by atoms with E-state index in [1.54, 1.807) is 30.3 Å². The van der Waals surface area contributed by atoms with Crippen molar-refractivity contribution in [1.82, 2.24) is 16.0 Å². The van der Waals surface area contributed by atoms with E-state index in [9.17, 15) is 29.1 Å². The van der Waals surface area contributed by atoms with Gasteiger partial charge >= 0.3 is 5.97 Å². The summed E-state index contributed by atoms with van der Waals surface area (Å²) in [5, 5.41) is 16.7. The van der Waals surface area contributed by atoms with Crippen LogP contribution in [-0.2, 0) is 30.4 Å². The summed E-state index contributed by atoms with van der Waals surface area (Å²) < 4.78 is 0. The third-order valence-electron chi connectivity index (χ3n) is 4.69. The first-order chi connectivity index (χ1) is 15.4. The van der Waals surface area contributed by atoms with Crippen molar-refractivity contribution in [3.8, 4) is 0 Å². The first-order valence-corrected chi connectivity index (χ1v) is 10.6. The van der Waals surface area contributed by atoms with E-state index in [1.807, 2.05) is 13.8 Å². The van der Waals surface area contributed by atoms with Crippen LogP contribution in [0.1, 0.15) is 39.2 Å². The second-order valence-electron chi connectivity index (χ2n) is 8.30. The molecule has 0 fully saturated rings. The molecule has 0 aliphatic rings. The Bertz CT molecular complexity index is 843. The van der Waals surface area contributed by atoms with Crippen LogP contribution in [0.5, 0.6) is 0 Å². The predicted octanol–water partition coefficient (Wildman–Crippen LogP) is -0.963. The standard InChI is InChI=1S/C22H33N5O6/c1-12(2)9-15(25-19(29)13(3)23)20(30)26-16(10-14-7-5-4-6-8-14)21(31)27-17(22(32)33)11-18(24)28/h4-8,12-13,15-17H,9-11,23H2,1-3H3,(H2,24,28)(H,25,29)(H,26,30)(H,27,31)(H,32,33). The molecule has 1 aromatic carbocycles. The van der Waals surface area contributed by atoms with Crippen LogP contribution in [0.25, 0.3) is 0 Å². The second-order valence-corrected chi connectivity index (χ2v) is 8.30. The lowest BCUT2D eigenvalue weighted by molar-refractivity contribution is -0.143. The molecule has 1 aromatic rings. The number of nitrogens with two attached hydrogens (primary N) is 2. The SMILES string of the molecule is CC(C)CC(NC(=O)C(C)N)C(=O)NC(Cc1ccccc1)C(=O)NC(CC(N)=O)C(=O)O. The van der Waals surface area contributed by atoms with Crippen LogP contribution in [0.3, 0.4) is 0 Å². The van der Waals surface area contributed by atoms with E-state index in [4.69, 9.17) is 11.5 Å². The number of hydrogen-bond donors (Lipinski definition) is 6. The zero-order chi connectivity index (χ0) is 25.1. The van der Waals surface area contributed by atoms with Gasteiger partial charge in [-0.15, -0.1) is 0 Å². The molecule has 0 aliphatic heterocycles. The van der Waals surface area contributed by atoms with E-state index in [1.165, 1.54) is 6.92 Å². The van der Waals surface area contributed by atoms with Crippen molar-refractivity contribution < 1.29 is 29.1 Å². The van der Waals surface area contributed by atoms with Gasteiger partial charge in [0.25, 0.3) is 0 Å².